The van der Waals surface area contributed by atoms with E-state index in [1.165, 1.54) is 7.11 Å². The van der Waals surface area contributed by atoms with Gasteiger partial charge in [-0.05, 0) is 12.1 Å². The number of nitrogens with zero attached hydrogens (tertiary/aromatic N) is 2. The molecule has 0 saturated carbocycles. The number of benzene rings is 2. The highest BCUT2D eigenvalue weighted by molar-refractivity contribution is 6.03. The molecule has 2 aromatic carbocycles. The number of ether oxygens (including phenoxy) is 2. The number of para-hydroxylation sites is 1. The third-order valence-corrected chi connectivity index (χ3v) is 3.79. The monoisotopic (exact) mass is 295 g/mol. The Balaban J connectivity index is 2.19. The summed E-state index contributed by atoms with van der Waals surface area (Å²) >= 11 is 0. The van der Waals surface area contributed by atoms with Gasteiger partial charge in [0.1, 0.15) is 5.52 Å². The van der Waals surface area contributed by atoms with Crippen molar-refractivity contribution in [3.63, 3.8) is 0 Å². The molecule has 1 N–H and O–H groups in total. The van der Waals surface area contributed by atoms with Gasteiger partial charge >= 0.3 is 0 Å². The highest BCUT2D eigenvalue weighted by Crippen LogP contribution is 2.31. The van der Waals surface area contributed by atoms with Gasteiger partial charge in [0.25, 0.3) is 5.52 Å². The van der Waals surface area contributed by atoms with E-state index in [1.807, 2.05) is 24.3 Å². The molecule has 0 aliphatic rings. The molecule has 0 atom stereocenters. The topological polar surface area (TPSA) is 74.1 Å². The average molecular weight is 295 g/mol. The largest absolute Gasteiger partial charge is 0.618 e. The molecule has 0 fully saturated rings. The lowest BCUT2D eigenvalue weighted by Gasteiger charge is -2.09. The molecule has 0 aliphatic carbocycles. The Morgan fingerprint density at radius 3 is 2.59 bits per heavy atom. The third kappa shape index (κ3) is 1.60. The number of hydrogen-bond acceptors (Lipinski definition) is 4. The molecular weight excluding hydrogens is 282 g/mol. The first-order chi connectivity index (χ1) is 10.7. The Morgan fingerprint density at radius 1 is 1.09 bits per heavy atom. The van der Waals surface area contributed by atoms with E-state index in [4.69, 9.17) is 9.47 Å². The molecule has 0 bridgehead atoms. The van der Waals surface area contributed by atoms with E-state index in [-0.39, 0.29) is 0 Å². The maximum Gasteiger partial charge on any atom is 0.269 e. The van der Waals surface area contributed by atoms with Crippen LogP contribution >= 0.6 is 0 Å². The van der Waals surface area contributed by atoms with Crippen molar-refractivity contribution in [2.45, 2.75) is 0 Å². The second-order valence-corrected chi connectivity index (χ2v) is 4.97. The Bertz CT molecular complexity index is 1020. The molecule has 22 heavy (non-hydrogen) atoms. The molecule has 0 radical (unpaired) electrons. The SMILES string of the molecule is COc1cc2nc3[nH]c4ccccc4c3[n+]([O-])c2cc1OC. The molecule has 2 heterocycles. The van der Waals surface area contributed by atoms with Gasteiger partial charge in [-0.1, -0.05) is 12.1 Å². The summed E-state index contributed by atoms with van der Waals surface area (Å²) in [6, 6.07) is 11.0. The predicted molar refractivity (Wildman–Crippen MR) is 83.2 cm³/mol. The first-order valence-electron chi connectivity index (χ1n) is 6.78. The average Bonchev–Trinajstić information content (AvgIpc) is 2.92. The normalized spacial score (nSPS) is 11.4. The quantitative estimate of drug-likeness (QED) is 0.455. The van der Waals surface area contributed by atoms with E-state index in [9.17, 15) is 5.21 Å². The van der Waals surface area contributed by atoms with E-state index in [0.717, 1.165) is 15.6 Å². The van der Waals surface area contributed by atoms with Crippen molar-refractivity contribution >= 4 is 33.1 Å². The van der Waals surface area contributed by atoms with E-state index in [1.54, 1.807) is 19.2 Å². The number of hydrogen-bond donors (Lipinski definition) is 1. The lowest BCUT2D eigenvalue weighted by Crippen LogP contribution is -2.28. The smallest absolute Gasteiger partial charge is 0.269 e. The number of methoxy groups -OCH3 is 2. The molecule has 6 heteroatoms. The van der Waals surface area contributed by atoms with E-state index in [2.05, 4.69) is 9.97 Å². The molecule has 6 nitrogen and oxygen atoms in total. The Morgan fingerprint density at radius 2 is 1.82 bits per heavy atom. The minimum absolute atomic E-state index is 0.440. The number of nitrogens with one attached hydrogen (secondary N) is 1. The van der Waals surface area contributed by atoms with E-state index in [0.29, 0.717) is 33.7 Å². The Labute approximate surface area is 125 Å². The van der Waals surface area contributed by atoms with Gasteiger partial charge in [-0.3, -0.25) is 0 Å². The molecule has 110 valence electrons. The predicted octanol–water partition coefficient (Wildman–Crippen LogP) is 2.52. The van der Waals surface area contributed by atoms with Gasteiger partial charge in [0.05, 0.1) is 31.2 Å². The zero-order valence-corrected chi connectivity index (χ0v) is 12.1. The minimum atomic E-state index is 0.440. The summed E-state index contributed by atoms with van der Waals surface area (Å²) in [7, 11) is 3.09. The van der Waals surface area contributed by atoms with Gasteiger partial charge in [0.2, 0.25) is 11.2 Å². The second-order valence-electron chi connectivity index (χ2n) is 4.97. The fraction of sp³-hybridized carbons (Fsp3) is 0.125. The summed E-state index contributed by atoms with van der Waals surface area (Å²) < 4.78 is 11.4. The van der Waals surface area contributed by atoms with Gasteiger partial charge in [-0.25, -0.2) is 4.98 Å². The van der Waals surface area contributed by atoms with Crippen LogP contribution in [-0.4, -0.2) is 24.2 Å². The molecule has 0 unspecified atom stereocenters. The van der Waals surface area contributed by atoms with Crippen LogP contribution in [0, 0.1) is 5.21 Å². The van der Waals surface area contributed by atoms with Crippen LogP contribution < -0.4 is 14.2 Å². The van der Waals surface area contributed by atoms with E-state index >= 15 is 0 Å². The summed E-state index contributed by atoms with van der Waals surface area (Å²) in [5.74, 6) is 1.04. The second kappa shape index (κ2) is 4.49. The first kappa shape index (κ1) is 12.7. The number of fused-ring (bicyclic) bond motifs is 4. The maximum absolute atomic E-state index is 12.8. The lowest BCUT2D eigenvalue weighted by molar-refractivity contribution is -0.547. The maximum atomic E-state index is 12.8. The van der Waals surface area contributed by atoms with Crippen LogP contribution in [-0.2, 0) is 0 Å². The first-order valence-corrected chi connectivity index (χ1v) is 6.78. The molecule has 0 saturated heterocycles. The molecule has 0 amide bonds. The fourth-order valence-electron chi connectivity index (χ4n) is 2.75. The molecule has 2 aromatic heterocycles. The molecule has 4 aromatic rings. The number of rotatable bonds is 2. The molecule has 0 aliphatic heterocycles. The van der Waals surface area contributed by atoms with Crippen LogP contribution in [0.3, 0.4) is 0 Å². The fourth-order valence-corrected chi connectivity index (χ4v) is 2.75. The number of H-pyrrole nitrogens is 1. The summed E-state index contributed by atoms with van der Waals surface area (Å²) in [6.07, 6.45) is 0. The van der Waals surface area contributed by atoms with Crippen LogP contribution in [0.2, 0.25) is 0 Å². The van der Waals surface area contributed by atoms with Crippen molar-refractivity contribution in [1.29, 1.82) is 0 Å². The molecule has 4 rings (SSSR count). The summed E-state index contributed by atoms with van der Waals surface area (Å²) in [6.45, 7) is 0. The summed E-state index contributed by atoms with van der Waals surface area (Å²) in [4.78, 5) is 7.72. The highest BCUT2D eigenvalue weighted by atomic mass is 16.5. The van der Waals surface area contributed by atoms with Gasteiger partial charge < -0.3 is 19.7 Å². The van der Waals surface area contributed by atoms with Crippen molar-refractivity contribution in [2.75, 3.05) is 14.2 Å². The van der Waals surface area contributed by atoms with Crippen molar-refractivity contribution in [1.82, 2.24) is 9.97 Å². The van der Waals surface area contributed by atoms with Gasteiger partial charge in [-0.2, -0.15) is 4.73 Å². The van der Waals surface area contributed by atoms with Crippen LogP contribution in [0.1, 0.15) is 0 Å². The zero-order valence-electron chi connectivity index (χ0n) is 12.1. The summed E-state index contributed by atoms with van der Waals surface area (Å²) in [5.41, 5.74) is 2.94. The minimum Gasteiger partial charge on any atom is -0.618 e. The summed E-state index contributed by atoms with van der Waals surface area (Å²) in [5, 5.41) is 13.6. The third-order valence-electron chi connectivity index (χ3n) is 3.79. The van der Waals surface area contributed by atoms with Crippen LogP contribution in [0.5, 0.6) is 11.5 Å². The van der Waals surface area contributed by atoms with Crippen molar-refractivity contribution < 1.29 is 14.2 Å². The van der Waals surface area contributed by atoms with Crippen molar-refractivity contribution in [3.8, 4) is 11.5 Å². The van der Waals surface area contributed by atoms with Crippen LogP contribution in [0.4, 0.5) is 0 Å². The van der Waals surface area contributed by atoms with Crippen LogP contribution in [0.15, 0.2) is 36.4 Å². The molecular formula is C16H13N3O3. The zero-order chi connectivity index (χ0) is 15.3. The van der Waals surface area contributed by atoms with Crippen molar-refractivity contribution in [2.24, 2.45) is 0 Å². The molecule has 0 spiro atoms. The Kier molecular flexibility index (Phi) is 2.59. The van der Waals surface area contributed by atoms with Gasteiger partial charge in [0.15, 0.2) is 11.5 Å². The lowest BCUT2D eigenvalue weighted by atomic mass is 10.2. The van der Waals surface area contributed by atoms with Gasteiger partial charge in [-0.15, -0.1) is 0 Å². The Hall–Kier alpha value is -3.02. The highest BCUT2D eigenvalue weighted by Gasteiger charge is 2.20. The van der Waals surface area contributed by atoms with Crippen molar-refractivity contribution in [3.05, 3.63) is 41.6 Å². The number of aromatic amines is 1. The van der Waals surface area contributed by atoms with E-state index < -0.39 is 0 Å². The van der Waals surface area contributed by atoms with Crippen LogP contribution in [0.25, 0.3) is 33.1 Å². The van der Waals surface area contributed by atoms with Gasteiger partial charge in [0, 0.05) is 6.07 Å². The number of aromatic nitrogens is 3. The standard InChI is InChI=1S/C16H13N3O3/c1-21-13-7-11-12(8-14(13)22-2)19(20)15-9-5-3-4-6-10(9)17-16(15)18-11/h3-8H,1-2H3,(H,17,18).